The van der Waals surface area contributed by atoms with Gasteiger partial charge >= 0.3 is 0 Å². The molecule has 0 radical (unpaired) electrons. The van der Waals surface area contributed by atoms with Gasteiger partial charge in [-0.25, -0.2) is 0 Å². The molecule has 1 nitrogen and oxygen atoms in total. The Kier molecular flexibility index (Phi) is 2.38. The quantitative estimate of drug-likeness (QED) is 0.683. The second kappa shape index (κ2) is 3.54. The molecule has 0 saturated carbocycles. The van der Waals surface area contributed by atoms with Crippen LogP contribution in [0.1, 0.15) is 28.4 Å². The highest BCUT2D eigenvalue weighted by Crippen LogP contribution is 2.28. The van der Waals surface area contributed by atoms with Gasteiger partial charge in [-0.1, -0.05) is 6.92 Å². The third-order valence-electron chi connectivity index (χ3n) is 2.57. The lowest BCUT2D eigenvalue weighted by Gasteiger charge is -2.02. The summed E-state index contributed by atoms with van der Waals surface area (Å²) in [6.07, 6.45) is 1.96. The summed E-state index contributed by atoms with van der Waals surface area (Å²) in [4.78, 5) is 10.8. The van der Waals surface area contributed by atoms with Crippen LogP contribution in [0.25, 0.3) is 10.1 Å². The van der Waals surface area contributed by atoms with Crippen LogP contribution < -0.4 is 0 Å². The summed E-state index contributed by atoms with van der Waals surface area (Å²) in [6, 6.07) is 4.32. The summed E-state index contributed by atoms with van der Waals surface area (Å²) < 4.78 is 1.21. The lowest BCUT2D eigenvalue weighted by atomic mass is 10.0. The first-order valence-electron chi connectivity index (χ1n) is 4.72. The Labute approximate surface area is 87.4 Å². The van der Waals surface area contributed by atoms with Gasteiger partial charge in [0.15, 0.2) is 6.29 Å². The fraction of sp³-hybridized carbons (Fsp3) is 0.250. The Morgan fingerprint density at radius 2 is 2.21 bits per heavy atom. The summed E-state index contributed by atoms with van der Waals surface area (Å²) in [6.45, 7) is 4.26. The number of hydrogen-bond acceptors (Lipinski definition) is 2. The lowest BCUT2D eigenvalue weighted by Crippen LogP contribution is -1.86. The maximum Gasteiger partial charge on any atom is 0.151 e. The lowest BCUT2D eigenvalue weighted by molar-refractivity contribution is 0.112. The Morgan fingerprint density at radius 1 is 1.43 bits per heavy atom. The molecule has 0 unspecified atom stereocenters. The van der Waals surface area contributed by atoms with Crippen molar-refractivity contribution < 1.29 is 4.79 Å². The van der Waals surface area contributed by atoms with Crippen molar-refractivity contribution in [1.82, 2.24) is 0 Å². The zero-order valence-electron chi connectivity index (χ0n) is 8.33. The molecule has 1 aromatic heterocycles. The van der Waals surface area contributed by atoms with E-state index in [1.54, 1.807) is 11.3 Å². The second-order valence-electron chi connectivity index (χ2n) is 3.44. The van der Waals surface area contributed by atoms with Crippen LogP contribution in [0.15, 0.2) is 17.5 Å². The molecule has 0 bridgehead atoms. The number of carbonyl (C=O) groups is 1. The number of thiophene rings is 1. The third-order valence-corrected chi connectivity index (χ3v) is 3.53. The van der Waals surface area contributed by atoms with Crippen molar-refractivity contribution in [3.05, 3.63) is 34.2 Å². The molecule has 0 atom stereocenters. The van der Waals surface area contributed by atoms with Gasteiger partial charge in [-0.15, -0.1) is 11.3 Å². The third kappa shape index (κ3) is 1.36. The molecule has 0 aliphatic carbocycles. The minimum Gasteiger partial charge on any atom is -0.298 e. The van der Waals surface area contributed by atoms with Crippen LogP contribution in [-0.4, -0.2) is 6.29 Å². The fourth-order valence-corrected chi connectivity index (χ4v) is 2.70. The van der Waals surface area contributed by atoms with Gasteiger partial charge in [-0.3, -0.25) is 4.79 Å². The van der Waals surface area contributed by atoms with Crippen molar-refractivity contribution in [2.75, 3.05) is 0 Å². The molecular weight excluding hydrogens is 192 g/mol. The summed E-state index contributed by atoms with van der Waals surface area (Å²) in [5.74, 6) is 0. The molecule has 14 heavy (non-hydrogen) atoms. The van der Waals surface area contributed by atoms with E-state index < -0.39 is 0 Å². The zero-order chi connectivity index (χ0) is 10.1. The number of aldehydes is 1. The van der Waals surface area contributed by atoms with Gasteiger partial charge in [0, 0.05) is 21.0 Å². The average molecular weight is 204 g/mol. The first-order chi connectivity index (χ1) is 6.76. The number of benzene rings is 1. The molecule has 2 heteroatoms. The summed E-state index contributed by atoms with van der Waals surface area (Å²) in [5.41, 5.74) is 3.47. The maximum absolute atomic E-state index is 10.8. The van der Waals surface area contributed by atoms with Gasteiger partial charge < -0.3 is 0 Å². The molecule has 0 saturated heterocycles. The molecule has 1 aromatic carbocycles. The van der Waals surface area contributed by atoms with Gasteiger partial charge in [0.2, 0.25) is 0 Å². The topological polar surface area (TPSA) is 17.1 Å². The molecule has 1 heterocycles. The smallest absolute Gasteiger partial charge is 0.151 e. The predicted octanol–water partition coefficient (Wildman–Crippen LogP) is 3.58. The van der Waals surface area contributed by atoms with Gasteiger partial charge in [-0.05, 0) is 36.6 Å². The van der Waals surface area contributed by atoms with Crippen LogP contribution in [0.2, 0.25) is 0 Å². The average Bonchev–Trinajstić information content (AvgIpc) is 2.58. The van der Waals surface area contributed by atoms with E-state index in [1.807, 2.05) is 5.38 Å². The van der Waals surface area contributed by atoms with Crippen molar-refractivity contribution in [1.29, 1.82) is 0 Å². The molecule has 0 aliphatic rings. The van der Waals surface area contributed by atoms with Crippen LogP contribution in [0.4, 0.5) is 0 Å². The summed E-state index contributed by atoms with van der Waals surface area (Å²) in [5, 5.41) is 3.03. The summed E-state index contributed by atoms with van der Waals surface area (Å²) in [7, 11) is 0. The fourth-order valence-electron chi connectivity index (χ4n) is 1.71. The number of aryl methyl sites for hydroxylation is 2. The maximum atomic E-state index is 10.8. The molecule has 0 amide bonds. The number of rotatable bonds is 2. The van der Waals surface area contributed by atoms with Gasteiger partial charge in [-0.2, -0.15) is 0 Å². The highest BCUT2D eigenvalue weighted by molar-refractivity contribution is 7.17. The Balaban J connectivity index is 2.76. The molecule has 0 aliphatic heterocycles. The van der Waals surface area contributed by atoms with Crippen molar-refractivity contribution >= 4 is 27.7 Å². The van der Waals surface area contributed by atoms with Gasteiger partial charge in [0.1, 0.15) is 0 Å². The van der Waals surface area contributed by atoms with Gasteiger partial charge in [0.05, 0.1) is 0 Å². The molecule has 0 spiro atoms. The van der Waals surface area contributed by atoms with Crippen LogP contribution in [0.5, 0.6) is 0 Å². The molecule has 2 rings (SSSR count). The van der Waals surface area contributed by atoms with E-state index in [0.717, 1.165) is 23.7 Å². The highest BCUT2D eigenvalue weighted by atomic mass is 32.1. The SMILES string of the molecule is CCc1cc2c(C=O)csc2cc1C. The highest BCUT2D eigenvalue weighted by Gasteiger charge is 2.05. The normalized spacial score (nSPS) is 10.7. The van der Waals surface area contributed by atoms with E-state index in [4.69, 9.17) is 0 Å². The van der Waals surface area contributed by atoms with Crippen LogP contribution in [-0.2, 0) is 6.42 Å². The van der Waals surface area contributed by atoms with E-state index in [0.29, 0.717) is 0 Å². The minimum absolute atomic E-state index is 0.819. The summed E-state index contributed by atoms with van der Waals surface area (Å²) >= 11 is 1.64. The van der Waals surface area contributed by atoms with Crippen molar-refractivity contribution in [3.8, 4) is 0 Å². The van der Waals surface area contributed by atoms with Gasteiger partial charge in [0.25, 0.3) is 0 Å². The van der Waals surface area contributed by atoms with Crippen molar-refractivity contribution in [2.24, 2.45) is 0 Å². The predicted molar refractivity (Wildman–Crippen MR) is 61.3 cm³/mol. The Hall–Kier alpha value is -1.15. The molecule has 2 aromatic rings. The standard InChI is InChI=1S/C12H12OS/c1-3-9-5-11-10(6-13)7-14-12(11)4-8(9)2/h4-7H,3H2,1-2H3. The Bertz CT molecular complexity index is 482. The van der Waals surface area contributed by atoms with E-state index in [2.05, 4.69) is 26.0 Å². The monoisotopic (exact) mass is 204 g/mol. The van der Waals surface area contributed by atoms with Crippen LogP contribution >= 0.6 is 11.3 Å². The number of fused-ring (bicyclic) bond motifs is 1. The van der Waals surface area contributed by atoms with Crippen molar-refractivity contribution in [3.63, 3.8) is 0 Å². The van der Waals surface area contributed by atoms with E-state index in [-0.39, 0.29) is 0 Å². The molecule has 0 fully saturated rings. The van der Waals surface area contributed by atoms with E-state index in [9.17, 15) is 4.79 Å². The van der Waals surface area contributed by atoms with Crippen molar-refractivity contribution in [2.45, 2.75) is 20.3 Å². The number of carbonyl (C=O) groups excluding carboxylic acids is 1. The zero-order valence-corrected chi connectivity index (χ0v) is 9.15. The Morgan fingerprint density at radius 3 is 2.86 bits per heavy atom. The number of hydrogen-bond donors (Lipinski definition) is 0. The molecule has 72 valence electrons. The van der Waals surface area contributed by atoms with E-state index in [1.165, 1.54) is 15.8 Å². The largest absolute Gasteiger partial charge is 0.298 e. The molecule has 0 N–H and O–H groups in total. The van der Waals surface area contributed by atoms with Crippen LogP contribution in [0.3, 0.4) is 0 Å². The van der Waals surface area contributed by atoms with E-state index >= 15 is 0 Å². The molecular formula is C12H12OS. The second-order valence-corrected chi connectivity index (χ2v) is 4.35. The minimum atomic E-state index is 0.819. The van der Waals surface area contributed by atoms with Crippen LogP contribution in [0, 0.1) is 6.92 Å². The first kappa shape index (κ1) is 9.41. The first-order valence-corrected chi connectivity index (χ1v) is 5.60.